The van der Waals surface area contributed by atoms with Crippen LogP contribution in [0.5, 0.6) is 0 Å². The lowest BCUT2D eigenvalue weighted by Crippen LogP contribution is -2.48. The van der Waals surface area contributed by atoms with Crippen LogP contribution < -0.4 is 15.4 Å². The third-order valence-corrected chi connectivity index (χ3v) is 9.69. The number of hydrogen-bond acceptors (Lipinski definition) is 7. The highest BCUT2D eigenvalue weighted by Gasteiger charge is 2.26. The third-order valence-electron chi connectivity index (χ3n) is 5.86. The molecule has 3 heterocycles. The predicted octanol–water partition coefficient (Wildman–Crippen LogP) is 3.06. The predicted molar refractivity (Wildman–Crippen MR) is 134 cm³/mol. The molecule has 1 aromatic carbocycles. The normalized spacial score (nSPS) is 15.9. The molecule has 11 heteroatoms. The number of benzene rings is 1. The summed E-state index contributed by atoms with van der Waals surface area (Å²) in [7, 11) is -4.03. The first-order chi connectivity index (χ1) is 16.3. The fourth-order valence-corrected chi connectivity index (χ4v) is 7.52. The average molecular weight is 522 g/mol. The molecule has 34 heavy (non-hydrogen) atoms. The minimum atomic E-state index is -4.03. The van der Waals surface area contributed by atoms with Crippen molar-refractivity contribution in [3.05, 3.63) is 52.2 Å². The number of nitrogens with one attached hydrogen (secondary N) is 3. The molecule has 0 bridgehead atoms. The van der Waals surface area contributed by atoms with Gasteiger partial charge in [-0.3, -0.25) is 9.59 Å². The number of sulfonamides is 1. The molecule has 0 radical (unpaired) electrons. The van der Waals surface area contributed by atoms with Crippen molar-refractivity contribution in [3.63, 3.8) is 0 Å². The lowest BCUT2D eigenvalue weighted by Gasteiger charge is -2.22. The maximum Gasteiger partial charge on any atom is 0.323 e. The molecule has 1 fully saturated rings. The number of carbonyl (C=O) groups is 2. The Bertz CT molecular complexity index is 1220. The average Bonchev–Trinajstić information content (AvgIpc) is 3.40. The summed E-state index contributed by atoms with van der Waals surface area (Å²) in [6, 6.07) is 9.97. The van der Waals surface area contributed by atoms with Crippen LogP contribution in [0, 0.1) is 5.92 Å². The van der Waals surface area contributed by atoms with E-state index in [1.54, 1.807) is 29.5 Å². The first kappa shape index (κ1) is 24.8. The molecule has 4 rings (SSSR count). The largest absolute Gasteiger partial charge is 0.480 e. The Morgan fingerprint density at radius 3 is 2.47 bits per heavy atom. The Kier molecular flexibility index (Phi) is 7.99. The molecule has 0 spiro atoms. The topological polar surface area (TPSA) is 125 Å². The SMILES string of the molecule is O=C(NCC(NS(=O)(=O)c1ccccc1)C(=O)O)c1cc2sc(CCC3CCNCC3)cc2s1. The number of amides is 1. The molecule has 1 amide bonds. The second kappa shape index (κ2) is 11.0. The first-order valence-electron chi connectivity index (χ1n) is 11.1. The lowest BCUT2D eigenvalue weighted by atomic mass is 9.93. The smallest absolute Gasteiger partial charge is 0.323 e. The minimum Gasteiger partial charge on any atom is -0.480 e. The Morgan fingerprint density at radius 2 is 1.79 bits per heavy atom. The Hall–Kier alpha value is -2.31. The third kappa shape index (κ3) is 6.22. The molecule has 1 saturated heterocycles. The molecule has 4 N–H and O–H groups in total. The summed E-state index contributed by atoms with van der Waals surface area (Å²) in [5, 5.41) is 15.4. The maximum absolute atomic E-state index is 12.6. The van der Waals surface area contributed by atoms with Gasteiger partial charge in [0.25, 0.3) is 5.91 Å². The van der Waals surface area contributed by atoms with Gasteiger partial charge in [0, 0.05) is 20.8 Å². The van der Waals surface area contributed by atoms with E-state index in [-0.39, 0.29) is 11.4 Å². The van der Waals surface area contributed by atoms with Crippen LogP contribution in [0.25, 0.3) is 9.40 Å². The molecule has 0 aliphatic carbocycles. The Morgan fingerprint density at radius 1 is 1.09 bits per heavy atom. The number of carboxylic acid groups (broad SMARTS) is 1. The highest BCUT2D eigenvalue weighted by molar-refractivity contribution is 7.89. The zero-order valence-corrected chi connectivity index (χ0v) is 20.9. The van der Waals surface area contributed by atoms with Gasteiger partial charge in [-0.1, -0.05) is 18.2 Å². The van der Waals surface area contributed by atoms with Gasteiger partial charge in [-0.15, -0.1) is 22.7 Å². The molecule has 182 valence electrons. The van der Waals surface area contributed by atoms with Gasteiger partial charge in [0.1, 0.15) is 6.04 Å². The van der Waals surface area contributed by atoms with Crippen molar-refractivity contribution >= 4 is 54.0 Å². The molecule has 3 aromatic rings. The van der Waals surface area contributed by atoms with E-state index in [1.807, 2.05) is 6.07 Å². The Balaban J connectivity index is 1.34. The van der Waals surface area contributed by atoms with Crippen LogP contribution in [0.3, 0.4) is 0 Å². The van der Waals surface area contributed by atoms with Gasteiger partial charge in [0.05, 0.1) is 9.77 Å². The van der Waals surface area contributed by atoms with Crippen molar-refractivity contribution in [2.75, 3.05) is 19.6 Å². The number of hydrogen-bond donors (Lipinski definition) is 4. The zero-order valence-electron chi connectivity index (χ0n) is 18.5. The van der Waals surface area contributed by atoms with Crippen LogP contribution in [0.1, 0.15) is 33.8 Å². The van der Waals surface area contributed by atoms with Crippen LogP contribution in [0.2, 0.25) is 0 Å². The summed E-state index contributed by atoms with van der Waals surface area (Å²) >= 11 is 3.05. The summed E-state index contributed by atoms with van der Waals surface area (Å²) in [6.07, 6.45) is 4.67. The van der Waals surface area contributed by atoms with Crippen LogP contribution in [-0.2, 0) is 21.2 Å². The van der Waals surface area contributed by atoms with Crippen molar-refractivity contribution in [1.82, 2.24) is 15.4 Å². The molecule has 1 atom stereocenters. The standard InChI is InChI=1S/C23H27N3O5S3/c27-22(25-14-18(23(28)29)26-34(30,31)17-4-2-1-3-5-17)21-13-20-19(33-21)12-16(32-20)7-6-15-8-10-24-11-9-15/h1-5,12-13,15,18,24,26H,6-11,14H2,(H,25,27)(H,28,29). The molecular weight excluding hydrogens is 494 g/mol. The number of thiophene rings is 2. The van der Waals surface area contributed by atoms with Gasteiger partial charge in [-0.05, 0) is 69.0 Å². The van der Waals surface area contributed by atoms with Gasteiger partial charge in [0.2, 0.25) is 10.0 Å². The molecule has 1 unspecified atom stereocenters. The van der Waals surface area contributed by atoms with E-state index in [4.69, 9.17) is 0 Å². The fraction of sp³-hybridized carbons (Fsp3) is 0.391. The zero-order chi connectivity index (χ0) is 24.1. The summed E-state index contributed by atoms with van der Waals surface area (Å²) < 4.78 is 29.1. The van der Waals surface area contributed by atoms with Crippen LogP contribution in [0.4, 0.5) is 0 Å². The molecule has 0 saturated carbocycles. The lowest BCUT2D eigenvalue weighted by molar-refractivity contribution is -0.138. The number of carbonyl (C=O) groups excluding carboxylic acids is 1. The number of aryl methyl sites for hydroxylation is 1. The second-order valence-electron chi connectivity index (χ2n) is 8.32. The number of aliphatic carboxylic acids is 1. The number of piperidine rings is 1. The van der Waals surface area contributed by atoms with Crippen molar-refractivity contribution in [2.45, 2.75) is 36.6 Å². The highest BCUT2D eigenvalue weighted by atomic mass is 32.2. The van der Waals surface area contributed by atoms with E-state index < -0.39 is 27.9 Å². The maximum atomic E-state index is 12.6. The molecule has 2 aromatic heterocycles. The molecule has 1 aliphatic heterocycles. The number of fused-ring (bicyclic) bond motifs is 1. The van der Waals surface area contributed by atoms with E-state index in [9.17, 15) is 23.1 Å². The second-order valence-corrected chi connectivity index (χ2v) is 12.3. The minimum absolute atomic E-state index is 0.0398. The number of carboxylic acids is 1. The van der Waals surface area contributed by atoms with Crippen LogP contribution >= 0.6 is 22.7 Å². The molecule has 1 aliphatic rings. The quantitative estimate of drug-likeness (QED) is 0.325. The van der Waals surface area contributed by atoms with Gasteiger partial charge in [-0.2, -0.15) is 4.72 Å². The van der Waals surface area contributed by atoms with Crippen molar-refractivity contribution in [2.24, 2.45) is 5.92 Å². The van der Waals surface area contributed by atoms with E-state index >= 15 is 0 Å². The number of rotatable bonds is 10. The first-order valence-corrected chi connectivity index (χ1v) is 14.2. The highest BCUT2D eigenvalue weighted by Crippen LogP contribution is 2.34. The van der Waals surface area contributed by atoms with Gasteiger partial charge in [-0.25, -0.2) is 8.42 Å². The van der Waals surface area contributed by atoms with E-state index in [1.165, 1.54) is 47.6 Å². The summed E-state index contributed by atoms with van der Waals surface area (Å²) in [4.78, 5) is 26.0. The van der Waals surface area contributed by atoms with Crippen LogP contribution in [0.15, 0.2) is 47.4 Å². The van der Waals surface area contributed by atoms with Crippen molar-refractivity contribution < 1.29 is 23.1 Å². The Labute approximate surface area is 206 Å². The van der Waals surface area contributed by atoms with Crippen molar-refractivity contribution in [1.29, 1.82) is 0 Å². The molecular formula is C23H27N3O5S3. The van der Waals surface area contributed by atoms with Crippen molar-refractivity contribution in [3.8, 4) is 0 Å². The monoisotopic (exact) mass is 521 g/mol. The summed E-state index contributed by atoms with van der Waals surface area (Å²) in [5.74, 6) is -1.02. The van der Waals surface area contributed by atoms with E-state index in [2.05, 4.69) is 21.4 Å². The fourth-order valence-electron chi connectivity index (χ4n) is 3.95. The van der Waals surface area contributed by atoms with Gasteiger partial charge < -0.3 is 15.7 Å². The summed E-state index contributed by atoms with van der Waals surface area (Å²) in [6.45, 7) is 1.82. The van der Waals surface area contributed by atoms with Gasteiger partial charge >= 0.3 is 5.97 Å². The molecule has 8 nitrogen and oxygen atoms in total. The van der Waals surface area contributed by atoms with E-state index in [0.29, 0.717) is 4.88 Å². The van der Waals surface area contributed by atoms with Crippen LogP contribution in [-0.4, -0.2) is 51.1 Å². The van der Waals surface area contributed by atoms with Gasteiger partial charge in [0.15, 0.2) is 0 Å². The summed E-state index contributed by atoms with van der Waals surface area (Å²) in [5.41, 5.74) is 0. The van der Waals surface area contributed by atoms with E-state index in [0.717, 1.165) is 34.8 Å².